The molecule has 1 aliphatic rings. The Hall–Kier alpha value is -2.21. The van der Waals surface area contributed by atoms with Crippen LogP contribution in [0.25, 0.3) is 11.0 Å². The number of hydrogen-bond acceptors (Lipinski definition) is 5. The summed E-state index contributed by atoms with van der Waals surface area (Å²) in [6.07, 6.45) is 5.03. The number of aryl methyl sites for hydroxylation is 1. The van der Waals surface area contributed by atoms with Crippen molar-refractivity contribution in [3.05, 3.63) is 42.0 Å². The number of hydrogen-bond donors (Lipinski definition) is 0. The lowest BCUT2D eigenvalue weighted by molar-refractivity contribution is 0.261. The molecule has 6 heteroatoms. The fourth-order valence-corrected chi connectivity index (χ4v) is 2.77. The van der Waals surface area contributed by atoms with Gasteiger partial charge in [0, 0.05) is 32.4 Å². The van der Waals surface area contributed by atoms with E-state index in [9.17, 15) is 0 Å². The van der Waals surface area contributed by atoms with Crippen molar-refractivity contribution in [2.45, 2.75) is 26.1 Å². The average molecular weight is 269 g/mol. The van der Waals surface area contributed by atoms with Gasteiger partial charge in [-0.2, -0.15) is 0 Å². The molecule has 0 bridgehead atoms. The SMILES string of the molecule is c1cc2nonc2cc1CN1CCCn2cncc2C1. The van der Waals surface area contributed by atoms with Crippen molar-refractivity contribution in [1.82, 2.24) is 24.8 Å². The van der Waals surface area contributed by atoms with Crippen LogP contribution in [0.5, 0.6) is 0 Å². The Balaban J connectivity index is 1.56. The summed E-state index contributed by atoms with van der Waals surface area (Å²) in [5.41, 5.74) is 4.15. The molecule has 1 aromatic carbocycles. The van der Waals surface area contributed by atoms with Crippen molar-refractivity contribution in [3.63, 3.8) is 0 Å². The first-order chi connectivity index (χ1) is 9.88. The molecule has 1 aliphatic heterocycles. The van der Waals surface area contributed by atoms with E-state index in [4.69, 9.17) is 4.63 Å². The highest BCUT2D eigenvalue weighted by Gasteiger charge is 2.14. The number of rotatable bonds is 2. The van der Waals surface area contributed by atoms with Crippen LogP contribution < -0.4 is 0 Å². The number of imidazole rings is 1. The zero-order chi connectivity index (χ0) is 13.4. The lowest BCUT2D eigenvalue weighted by Crippen LogP contribution is -2.22. The molecule has 0 saturated carbocycles. The third-order valence-electron chi connectivity index (χ3n) is 3.78. The van der Waals surface area contributed by atoms with Gasteiger partial charge in [-0.25, -0.2) is 9.61 Å². The topological polar surface area (TPSA) is 60.0 Å². The lowest BCUT2D eigenvalue weighted by Gasteiger charge is -2.19. The highest BCUT2D eigenvalue weighted by Crippen LogP contribution is 2.17. The number of nitrogens with zero attached hydrogens (tertiary/aromatic N) is 5. The quantitative estimate of drug-likeness (QED) is 0.710. The van der Waals surface area contributed by atoms with Gasteiger partial charge in [0.15, 0.2) is 0 Å². The highest BCUT2D eigenvalue weighted by molar-refractivity contribution is 5.73. The van der Waals surface area contributed by atoms with Gasteiger partial charge in [0.1, 0.15) is 11.0 Å². The highest BCUT2D eigenvalue weighted by atomic mass is 16.6. The van der Waals surface area contributed by atoms with E-state index in [0.717, 1.165) is 43.6 Å². The predicted octanol–water partition coefficient (Wildman–Crippen LogP) is 1.83. The van der Waals surface area contributed by atoms with Crippen molar-refractivity contribution in [1.29, 1.82) is 0 Å². The van der Waals surface area contributed by atoms with E-state index in [-0.39, 0.29) is 0 Å². The third-order valence-corrected chi connectivity index (χ3v) is 3.78. The van der Waals surface area contributed by atoms with Crippen LogP contribution in [-0.2, 0) is 19.6 Å². The van der Waals surface area contributed by atoms with Gasteiger partial charge in [0.2, 0.25) is 0 Å². The first-order valence-corrected chi connectivity index (χ1v) is 6.81. The first kappa shape index (κ1) is 11.6. The summed E-state index contributed by atoms with van der Waals surface area (Å²) in [5.74, 6) is 0. The second kappa shape index (κ2) is 4.72. The zero-order valence-electron chi connectivity index (χ0n) is 11.1. The van der Waals surface area contributed by atoms with Gasteiger partial charge in [-0.3, -0.25) is 4.90 Å². The van der Waals surface area contributed by atoms with Crippen molar-refractivity contribution in [2.75, 3.05) is 6.54 Å². The van der Waals surface area contributed by atoms with Crippen LogP contribution in [0.1, 0.15) is 17.7 Å². The predicted molar refractivity (Wildman–Crippen MR) is 72.8 cm³/mol. The standard InChI is InChI=1S/C14H15N5O/c1-4-18(9-12-7-15-10-19(12)5-1)8-11-2-3-13-14(6-11)17-20-16-13/h2-3,6-7,10H,1,4-5,8-9H2. The van der Waals surface area contributed by atoms with Gasteiger partial charge in [0.25, 0.3) is 0 Å². The molecule has 2 aromatic heterocycles. The zero-order valence-corrected chi connectivity index (χ0v) is 11.1. The molecular weight excluding hydrogens is 254 g/mol. The van der Waals surface area contributed by atoms with E-state index in [1.807, 2.05) is 24.7 Å². The minimum atomic E-state index is 0.808. The van der Waals surface area contributed by atoms with E-state index in [1.165, 1.54) is 11.3 Å². The van der Waals surface area contributed by atoms with Gasteiger partial charge in [-0.1, -0.05) is 6.07 Å². The van der Waals surface area contributed by atoms with Crippen molar-refractivity contribution in [3.8, 4) is 0 Å². The molecule has 3 aromatic rings. The second-order valence-electron chi connectivity index (χ2n) is 5.23. The molecule has 0 amide bonds. The van der Waals surface area contributed by atoms with Crippen LogP contribution in [-0.4, -0.2) is 31.3 Å². The van der Waals surface area contributed by atoms with Crippen LogP contribution in [0.3, 0.4) is 0 Å². The van der Waals surface area contributed by atoms with Crippen LogP contribution in [0.15, 0.2) is 35.4 Å². The Kier molecular flexibility index (Phi) is 2.74. The van der Waals surface area contributed by atoms with Crippen LogP contribution in [0.2, 0.25) is 0 Å². The smallest absolute Gasteiger partial charge is 0.135 e. The molecule has 6 nitrogen and oxygen atoms in total. The molecule has 0 aliphatic carbocycles. The summed E-state index contributed by atoms with van der Waals surface area (Å²) < 4.78 is 6.98. The minimum absolute atomic E-state index is 0.808. The van der Waals surface area contributed by atoms with E-state index in [0.29, 0.717) is 0 Å². The molecule has 0 N–H and O–H groups in total. The summed E-state index contributed by atoms with van der Waals surface area (Å²) in [7, 11) is 0. The largest absolute Gasteiger partial charge is 0.333 e. The Morgan fingerprint density at radius 1 is 1.15 bits per heavy atom. The summed E-state index contributed by atoms with van der Waals surface area (Å²) >= 11 is 0. The van der Waals surface area contributed by atoms with Gasteiger partial charge >= 0.3 is 0 Å². The van der Waals surface area contributed by atoms with Gasteiger partial charge in [-0.05, 0) is 34.4 Å². The molecule has 0 unspecified atom stereocenters. The fourth-order valence-electron chi connectivity index (χ4n) is 2.77. The molecule has 4 rings (SSSR count). The first-order valence-electron chi connectivity index (χ1n) is 6.81. The molecule has 3 heterocycles. The van der Waals surface area contributed by atoms with E-state index in [1.54, 1.807) is 0 Å². The summed E-state index contributed by atoms with van der Waals surface area (Å²) in [6, 6.07) is 6.10. The fraction of sp³-hybridized carbons (Fsp3) is 0.357. The molecule has 0 atom stereocenters. The van der Waals surface area contributed by atoms with E-state index in [2.05, 4.69) is 30.8 Å². The van der Waals surface area contributed by atoms with Gasteiger partial charge in [0.05, 0.1) is 12.0 Å². The Bertz CT molecular complexity index is 732. The monoisotopic (exact) mass is 269 g/mol. The molecule has 20 heavy (non-hydrogen) atoms. The van der Waals surface area contributed by atoms with Gasteiger partial charge < -0.3 is 4.57 Å². The summed E-state index contributed by atoms with van der Waals surface area (Å²) in [4.78, 5) is 6.67. The maximum atomic E-state index is 4.74. The van der Waals surface area contributed by atoms with Crippen LogP contribution in [0, 0.1) is 0 Å². The third kappa shape index (κ3) is 2.08. The van der Waals surface area contributed by atoms with Crippen molar-refractivity contribution >= 4 is 11.0 Å². The second-order valence-corrected chi connectivity index (χ2v) is 5.23. The van der Waals surface area contributed by atoms with Crippen molar-refractivity contribution in [2.24, 2.45) is 0 Å². The summed E-state index contributed by atoms with van der Waals surface area (Å²) in [6.45, 7) is 4.00. The molecule has 102 valence electrons. The summed E-state index contributed by atoms with van der Waals surface area (Å²) in [5, 5.41) is 7.73. The Morgan fingerprint density at radius 3 is 3.10 bits per heavy atom. The van der Waals surface area contributed by atoms with Crippen LogP contribution in [0.4, 0.5) is 0 Å². The molecule has 0 spiro atoms. The molecular formula is C14H15N5O. The lowest BCUT2D eigenvalue weighted by atomic mass is 10.2. The van der Waals surface area contributed by atoms with E-state index < -0.39 is 0 Å². The molecule has 0 saturated heterocycles. The van der Waals surface area contributed by atoms with Crippen LogP contribution >= 0.6 is 0 Å². The number of fused-ring (bicyclic) bond motifs is 2. The maximum Gasteiger partial charge on any atom is 0.135 e. The van der Waals surface area contributed by atoms with E-state index >= 15 is 0 Å². The Labute approximate surface area is 116 Å². The maximum absolute atomic E-state index is 4.74. The number of benzene rings is 1. The average Bonchev–Trinajstić information content (AvgIpc) is 3.04. The minimum Gasteiger partial charge on any atom is -0.333 e. The molecule has 0 radical (unpaired) electrons. The molecule has 0 fully saturated rings. The van der Waals surface area contributed by atoms with Crippen molar-refractivity contribution < 1.29 is 4.63 Å². The number of aromatic nitrogens is 4. The Morgan fingerprint density at radius 2 is 2.10 bits per heavy atom. The van der Waals surface area contributed by atoms with Gasteiger partial charge in [-0.15, -0.1) is 0 Å². The normalized spacial score (nSPS) is 16.2.